The number of carbonyl (C=O) groups excluding carboxylic acids is 2. The Kier molecular flexibility index (Phi) is 2.60. The predicted molar refractivity (Wildman–Crippen MR) is 74.6 cm³/mol. The van der Waals surface area contributed by atoms with Gasteiger partial charge in [-0.25, -0.2) is 4.90 Å². The molecule has 0 spiro atoms. The molecule has 6 nitrogen and oxygen atoms in total. The van der Waals surface area contributed by atoms with Gasteiger partial charge in [-0.3, -0.25) is 14.3 Å². The third kappa shape index (κ3) is 1.61. The van der Waals surface area contributed by atoms with Crippen LogP contribution in [0.15, 0.2) is 30.6 Å². The van der Waals surface area contributed by atoms with Gasteiger partial charge >= 0.3 is 0 Å². The van der Waals surface area contributed by atoms with E-state index in [0.717, 1.165) is 4.90 Å². The molecule has 102 valence electrons. The van der Waals surface area contributed by atoms with Crippen LogP contribution in [0.2, 0.25) is 0 Å². The van der Waals surface area contributed by atoms with Crippen molar-refractivity contribution < 1.29 is 9.59 Å². The number of nitrogens with two attached hydrogens (primary N) is 1. The van der Waals surface area contributed by atoms with Gasteiger partial charge in [-0.05, 0) is 26.0 Å². The first kappa shape index (κ1) is 12.4. The monoisotopic (exact) mass is 270 g/mol. The third-order valence-electron chi connectivity index (χ3n) is 3.32. The van der Waals surface area contributed by atoms with Crippen molar-refractivity contribution in [2.24, 2.45) is 0 Å². The van der Waals surface area contributed by atoms with Crippen LogP contribution in [0, 0.1) is 0 Å². The maximum absolute atomic E-state index is 12.4. The van der Waals surface area contributed by atoms with E-state index in [0.29, 0.717) is 16.9 Å². The number of carbonyl (C=O) groups is 2. The lowest BCUT2D eigenvalue weighted by molar-refractivity contribution is 0.0926. The Morgan fingerprint density at radius 3 is 2.55 bits per heavy atom. The molecule has 2 heterocycles. The predicted octanol–water partition coefficient (Wildman–Crippen LogP) is 1.85. The second-order valence-electron chi connectivity index (χ2n) is 4.99. The highest BCUT2D eigenvalue weighted by molar-refractivity contribution is 6.35. The van der Waals surface area contributed by atoms with E-state index < -0.39 is 5.91 Å². The summed E-state index contributed by atoms with van der Waals surface area (Å²) < 4.78 is 1.70. The van der Waals surface area contributed by atoms with E-state index in [9.17, 15) is 9.59 Å². The normalized spacial score (nSPS) is 14.2. The zero-order chi connectivity index (χ0) is 14.4. The molecule has 1 aliphatic rings. The summed E-state index contributed by atoms with van der Waals surface area (Å²) in [5, 5.41) is 4.15. The summed E-state index contributed by atoms with van der Waals surface area (Å²) in [5.74, 6) is -0.757. The Hall–Kier alpha value is -2.63. The molecule has 2 amide bonds. The molecule has 0 radical (unpaired) electrons. The second-order valence-corrected chi connectivity index (χ2v) is 4.99. The number of benzene rings is 1. The summed E-state index contributed by atoms with van der Waals surface area (Å²) in [4.78, 5) is 25.9. The molecule has 0 saturated heterocycles. The fourth-order valence-electron chi connectivity index (χ4n) is 2.27. The number of hydrogen-bond acceptors (Lipinski definition) is 4. The molecular formula is C14H14N4O2. The van der Waals surface area contributed by atoms with Crippen LogP contribution in [0.4, 0.5) is 11.4 Å². The smallest absolute Gasteiger partial charge is 0.268 e. The highest BCUT2D eigenvalue weighted by Gasteiger charge is 2.38. The quantitative estimate of drug-likeness (QED) is 0.667. The fourth-order valence-corrected chi connectivity index (χ4v) is 2.27. The van der Waals surface area contributed by atoms with Crippen molar-refractivity contribution in [3.63, 3.8) is 0 Å². The first-order valence-electron chi connectivity index (χ1n) is 6.32. The average molecular weight is 270 g/mol. The molecule has 6 heteroatoms. The largest absolute Gasteiger partial charge is 0.398 e. The lowest BCUT2D eigenvalue weighted by atomic mass is 10.1. The number of hydrogen-bond donors (Lipinski definition) is 1. The number of nitrogen functional groups attached to an aromatic ring is 1. The lowest BCUT2D eigenvalue weighted by Crippen LogP contribution is -2.29. The van der Waals surface area contributed by atoms with Crippen LogP contribution in [0.1, 0.15) is 40.6 Å². The Labute approximate surface area is 115 Å². The molecule has 0 atom stereocenters. The summed E-state index contributed by atoms with van der Waals surface area (Å²) in [6, 6.07) is 5.05. The zero-order valence-corrected chi connectivity index (χ0v) is 11.2. The summed E-state index contributed by atoms with van der Waals surface area (Å²) in [6.07, 6.45) is 3.19. The molecule has 2 N–H and O–H groups in total. The number of nitrogens with zero attached hydrogens (tertiary/aromatic N) is 3. The van der Waals surface area contributed by atoms with Crippen LogP contribution in [-0.4, -0.2) is 21.6 Å². The zero-order valence-electron chi connectivity index (χ0n) is 11.2. The van der Waals surface area contributed by atoms with Gasteiger partial charge in [-0.1, -0.05) is 6.07 Å². The molecule has 2 aromatic rings. The van der Waals surface area contributed by atoms with Gasteiger partial charge in [0.2, 0.25) is 0 Å². The number of amides is 2. The number of fused-ring (bicyclic) bond motifs is 1. The summed E-state index contributed by atoms with van der Waals surface area (Å²) in [6.45, 7) is 3.94. The second kappa shape index (κ2) is 4.19. The van der Waals surface area contributed by atoms with Crippen molar-refractivity contribution in [3.05, 3.63) is 41.7 Å². The van der Waals surface area contributed by atoms with E-state index in [4.69, 9.17) is 5.73 Å². The number of anilines is 2. The van der Waals surface area contributed by atoms with Crippen molar-refractivity contribution in [1.29, 1.82) is 0 Å². The fraction of sp³-hybridized carbons (Fsp3) is 0.214. The van der Waals surface area contributed by atoms with Crippen LogP contribution in [-0.2, 0) is 0 Å². The summed E-state index contributed by atoms with van der Waals surface area (Å²) in [7, 11) is 0. The Morgan fingerprint density at radius 1 is 1.20 bits per heavy atom. The van der Waals surface area contributed by atoms with E-state index in [-0.39, 0.29) is 17.5 Å². The Morgan fingerprint density at radius 2 is 1.95 bits per heavy atom. The van der Waals surface area contributed by atoms with Crippen molar-refractivity contribution in [3.8, 4) is 0 Å². The van der Waals surface area contributed by atoms with Crippen molar-refractivity contribution in [2.75, 3.05) is 10.6 Å². The van der Waals surface area contributed by atoms with E-state index >= 15 is 0 Å². The number of imide groups is 1. The molecule has 0 fully saturated rings. The van der Waals surface area contributed by atoms with E-state index in [1.54, 1.807) is 29.1 Å². The minimum Gasteiger partial charge on any atom is -0.398 e. The molecule has 0 aliphatic carbocycles. The van der Waals surface area contributed by atoms with Crippen LogP contribution in [0.5, 0.6) is 0 Å². The highest BCUT2D eigenvalue weighted by atomic mass is 16.2. The van der Waals surface area contributed by atoms with Crippen LogP contribution in [0.25, 0.3) is 0 Å². The van der Waals surface area contributed by atoms with E-state index in [2.05, 4.69) is 5.10 Å². The molecule has 3 rings (SSSR count). The third-order valence-corrected chi connectivity index (χ3v) is 3.32. The SMILES string of the molecule is CC(C)n1cc(N2C(=O)c3cccc(N)c3C2=O)cn1. The van der Waals surface area contributed by atoms with Gasteiger partial charge in [-0.2, -0.15) is 5.10 Å². The molecule has 0 saturated carbocycles. The molecule has 0 unspecified atom stereocenters. The first-order chi connectivity index (χ1) is 9.50. The van der Waals surface area contributed by atoms with Crippen LogP contribution < -0.4 is 10.6 Å². The minimum absolute atomic E-state index is 0.156. The van der Waals surface area contributed by atoms with Gasteiger partial charge in [-0.15, -0.1) is 0 Å². The van der Waals surface area contributed by atoms with Crippen molar-refractivity contribution in [2.45, 2.75) is 19.9 Å². The van der Waals surface area contributed by atoms with Gasteiger partial charge in [0.1, 0.15) is 0 Å². The van der Waals surface area contributed by atoms with E-state index in [1.165, 1.54) is 6.20 Å². The maximum Gasteiger partial charge on any atom is 0.268 e. The topological polar surface area (TPSA) is 81.2 Å². The molecule has 20 heavy (non-hydrogen) atoms. The van der Waals surface area contributed by atoms with Crippen molar-refractivity contribution >= 4 is 23.2 Å². The molecule has 1 aliphatic heterocycles. The van der Waals surface area contributed by atoms with Gasteiger partial charge in [0, 0.05) is 17.9 Å². The number of rotatable bonds is 2. The van der Waals surface area contributed by atoms with Gasteiger partial charge in [0.05, 0.1) is 23.0 Å². The molecule has 0 bridgehead atoms. The van der Waals surface area contributed by atoms with E-state index in [1.807, 2.05) is 13.8 Å². The van der Waals surface area contributed by atoms with Gasteiger partial charge in [0.25, 0.3) is 11.8 Å². The van der Waals surface area contributed by atoms with Gasteiger partial charge < -0.3 is 5.73 Å². The molecule has 1 aromatic carbocycles. The van der Waals surface area contributed by atoms with Gasteiger partial charge in [0.15, 0.2) is 0 Å². The van der Waals surface area contributed by atoms with Crippen molar-refractivity contribution in [1.82, 2.24) is 9.78 Å². The summed E-state index contributed by atoms with van der Waals surface area (Å²) >= 11 is 0. The first-order valence-corrected chi connectivity index (χ1v) is 6.32. The standard InChI is InChI=1S/C14H14N4O2/c1-8(2)17-7-9(6-16-17)18-13(19)10-4-3-5-11(15)12(10)14(18)20/h3-8H,15H2,1-2H3. The maximum atomic E-state index is 12.4. The summed E-state index contributed by atoms with van der Waals surface area (Å²) in [5.41, 5.74) is 7.19. The minimum atomic E-state index is -0.397. The Balaban J connectivity index is 2.07. The average Bonchev–Trinajstić information content (AvgIpc) is 2.95. The number of aromatic nitrogens is 2. The highest BCUT2D eigenvalue weighted by Crippen LogP contribution is 2.31. The Bertz CT molecular complexity index is 718. The molecule has 1 aromatic heterocycles. The molecular weight excluding hydrogens is 256 g/mol. The van der Waals surface area contributed by atoms with Crippen LogP contribution in [0.3, 0.4) is 0 Å². The lowest BCUT2D eigenvalue weighted by Gasteiger charge is -2.11. The van der Waals surface area contributed by atoms with Crippen LogP contribution >= 0.6 is 0 Å².